The SMILES string of the molecule is c1ccc(-c2nc(-c3ccccn3)cc(-c3cccc4c3Oc3c(ccc5c3-c3ccccc3C5(c3ccccc3)c3ccccc3)O4)n2)cc1. The summed E-state index contributed by atoms with van der Waals surface area (Å²) < 4.78 is 13.8. The van der Waals surface area contributed by atoms with Gasteiger partial charge < -0.3 is 9.47 Å². The van der Waals surface area contributed by atoms with E-state index in [0.717, 1.165) is 39.2 Å². The quantitative estimate of drug-likeness (QED) is 0.185. The van der Waals surface area contributed by atoms with Crippen LogP contribution in [0.2, 0.25) is 0 Å². The predicted molar refractivity (Wildman–Crippen MR) is 200 cm³/mol. The zero-order valence-electron chi connectivity index (χ0n) is 27.4. The molecule has 0 amide bonds. The zero-order valence-corrected chi connectivity index (χ0v) is 27.4. The molecule has 0 atom stereocenters. The second-order valence-corrected chi connectivity index (χ2v) is 12.7. The van der Waals surface area contributed by atoms with Crippen LogP contribution in [0.5, 0.6) is 23.0 Å². The third-order valence-corrected chi connectivity index (χ3v) is 9.90. The highest BCUT2D eigenvalue weighted by Crippen LogP contribution is 2.62. The maximum atomic E-state index is 7.12. The molecule has 0 saturated heterocycles. The summed E-state index contributed by atoms with van der Waals surface area (Å²) in [7, 11) is 0. The molecular weight excluding hydrogens is 627 g/mol. The van der Waals surface area contributed by atoms with E-state index in [4.69, 9.17) is 19.4 Å². The van der Waals surface area contributed by atoms with Crippen LogP contribution in [0, 0.1) is 0 Å². The Kier molecular flexibility index (Phi) is 6.64. The van der Waals surface area contributed by atoms with Crippen LogP contribution in [0.3, 0.4) is 0 Å². The largest absolute Gasteiger partial charge is 0.449 e. The normalized spacial score (nSPS) is 13.2. The number of rotatable bonds is 5. The number of ether oxygens (including phenoxy) is 2. The maximum Gasteiger partial charge on any atom is 0.179 e. The van der Waals surface area contributed by atoms with Crippen LogP contribution < -0.4 is 9.47 Å². The van der Waals surface area contributed by atoms with Crippen LogP contribution in [-0.4, -0.2) is 15.0 Å². The van der Waals surface area contributed by atoms with E-state index in [2.05, 4.69) is 96.0 Å². The molecule has 0 radical (unpaired) electrons. The number of hydrogen-bond acceptors (Lipinski definition) is 5. The van der Waals surface area contributed by atoms with Crippen LogP contribution in [0.4, 0.5) is 0 Å². The Bertz CT molecular complexity index is 2480. The van der Waals surface area contributed by atoms with E-state index >= 15 is 0 Å². The lowest BCUT2D eigenvalue weighted by Gasteiger charge is -2.34. The van der Waals surface area contributed by atoms with Gasteiger partial charge in [-0.3, -0.25) is 4.98 Å². The van der Waals surface area contributed by atoms with Gasteiger partial charge in [-0.05, 0) is 64.2 Å². The molecule has 5 heteroatoms. The van der Waals surface area contributed by atoms with Crippen molar-refractivity contribution < 1.29 is 9.47 Å². The second kappa shape index (κ2) is 11.6. The van der Waals surface area contributed by atoms with Crippen molar-refractivity contribution >= 4 is 0 Å². The van der Waals surface area contributed by atoms with Crippen molar-refractivity contribution in [1.29, 1.82) is 0 Å². The first-order valence-electron chi connectivity index (χ1n) is 17.0. The van der Waals surface area contributed by atoms with Gasteiger partial charge in [0.25, 0.3) is 0 Å². The van der Waals surface area contributed by atoms with Gasteiger partial charge in [0.15, 0.2) is 28.8 Å². The Morgan fingerprint density at radius 1 is 0.431 bits per heavy atom. The van der Waals surface area contributed by atoms with Gasteiger partial charge in [-0.1, -0.05) is 133 Å². The minimum atomic E-state index is -0.554. The standard InChI is InChI=1S/C46H29N3O2/c1-4-15-30(16-5-1)45-48-38(29-39(49-45)37-24-12-13-28-47-37)34-22-14-25-40-43(34)51-44-41(50-40)27-26-36-42(44)33-21-10-11-23-35(33)46(36,31-17-6-2-7-18-31)32-19-8-3-9-20-32/h1-29H. The molecule has 0 fully saturated rings. The fourth-order valence-electron chi connectivity index (χ4n) is 7.73. The number of hydrogen-bond donors (Lipinski definition) is 0. The highest BCUT2D eigenvalue weighted by molar-refractivity contribution is 5.92. The first-order valence-corrected chi connectivity index (χ1v) is 17.0. The van der Waals surface area contributed by atoms with Gasteiger partial charge in [-0.15, -0.1) is 0 Å². The topological polar surface area (TPSA) is 57.1 Å². The lowest BCUT2D eigenvalue weighted by atomic mass is 9.68. The first kappa shape index (κ1) is 29.1. The summed E-state index contributed by atoms with van der Waals surface area (Å²) >= 11 is 0. The Balaban J connectivity index is 1.19. The molecule has 0 N–H and O–H groups in total. The summed E-state index contributed by atoms with van der Waals surface area (Å²) in [5, 5.41) is 0. The highest BCUT2D eigenvalue weighted by Gasteiger charge is 2.48. The van der Waals surface area contributed by atoms with Gasteiger partial charge in [0.2, 0.25) is 0 Å². The van der Waals surface area contributed by atoms with Crippen molar-refractivity contribution in [1.82, 2.24) is 15.0 Å². The molecule has 0 unspecified atom stereocenters. The van der Waals surface area contributed by atoms with E-state index in [1.165, 1.54) is 16.7 Å². The Morgan fingerprint density at radius 2 is 1.08 bits per heavy atom. The second-order valence-electron chi connectivity index (χ2n) is 12.7. The number of para-hydroxylation sites is 1. The summed E-state index contributed by atoms with van der Waals surface area (Å²) in [4.78, 5) is 14.7. The zero-order chi connectivity index (χ0) is 33.8. The van der Waals surface area contributed by atoms with Crippen molar-refractivity contribution in [3.8, 4) is 68.2 Å². The smallest absolute Gasteiger partial charge is 0.179 e. The average Bonchev–Trinajstić information content (AvgIpc) is 3.52. The van der Waals surface area contributed by atoms with Crippen LogP contribution in [0.25, 0.3) is 45.2 Å². The molecule has 1 aliphatic carbocycles. The van der Waals surface area contributed by atoms with Crippen LogP contribution in [0.1, 0.15) is 22.3 Å². The van der Waals surface area contributed by atoms with Crippen molar-refractivity contribution in [3.63, 3.8) is 0 Å². The molecule has 2 aliphatic rings. The van der Waals surface area contributed by atoms with E-state index in [0.29, 0.717) is 34.5 Å². The third kappa shape index (κ3) is 4.52. The summed E-state index contributed by atoms with van der Waals surface area (Å²) in [5.74, 6) is 3.21. The van der Waals surface area contributed by atoms with E-state index in [1.807, 2.05) is 78.9 Å². The minimum absolute atomic E-state index is 0.554. The van der Waals surface area contributed by atoms with E-state index in [1.54, 1.807) is 6.20 Å². The molecule has 10 rings (SSSR count). The fourth-order valence-corrected chi connectivity index (χ4v) is 7.73. The monoisotopic (exact) mass is 655 g/mol. The molecule has 0 saturated carbocycles. The molecule has 1 aliphatic heterocycles. The molecular formula is C46H29N3O2. The van der Waals surface area contributed by atoms with Crippen LogP contribution in [0.15, 0.2) is 176 Å². The number of benzene rings is 6. The van der Waals surface area contributed by atoms with E-state index < -0.39 is 5.41 Å². The molecule has 5 nitrogen and oxygen atoms in total. The van der Waals surface area contributed by atoms with Crippen molar-refractivity contribution in [2.75, 3.05) is 0 Å². The summed E-state index contributed by atoms with van der Waals surface area (Å²) in [6.07, 6.45) is 1.78. The fraction of sp³-hybridized carbons (Fsp3) is 0.0217. The lowest BCUT2D eigenvalue weighted by molar-refractivity contribution is 0.361. The van der Waals surface area contributed by atoms with Crippen LogP contribution >= 0.6 is 0 Å². The molecule has 2 aromatic heterocycles. The molecule has 3 heterocycles. The number of pyridine rings is 1. The summed E-state index contributed by atoms with van der Waals surface area (Å²) in [5.41, 5.74) is 10.2. The molecule has 240 valence electrons. The summed E-state index contributed by atoms with van der Waals surface area (Å²) in [6.45, 7) is 0. The van der Waals surface area contributed by atoms with E-state index in [-0.39, 0.29) is 0 Å². The number of nitrogens with zero attached hydrogens (tertiary/aromatic N) is 3. The Hall–Kier alpha value is -6.85. The van der Waals surface area contributed by atoms with Crippen LogP contribution in [-0.2, 0) is 5.41 Å². The third-order valence-electron chi connectivity index (χ3n) is 9.90. The maximum absolute atomic E-state index is 7.12. The highest BCUT2D eigenvalue weighted by atomic mass is 16.6. The lowest BCUT2D eigenvalue weighted by Crippen LogP contribution is -2.28. The Labute approximate surface area is 295 Å². The molecule has 6 aromatic carbocycles. The van der Waals surface area contributed by atoms with Crippen molar-refractivity contribution in [2.24, 2.45) is 0 Å². The minimum Gasteiger partial charge on any atom is -0.449 e. The molecule has 0 spiro atoms. The van der Waals surface area contributed by atoms with Gasteiger partial charge in [0.05, 0.1) is 22.5 Å². The van der Waals surface area contributed by atoms with Gasteiger partial charge in [0.1, 0.15) is 0 Å². The predicted octanol–water partition coefficient (Wildman–Crippen LogP) is 11.1. The average molecular weight is 656 g/mol. The number of fused-ring (bicyclic) bond motifs is 6. The van der Waals surface area contributed by atoms with Crippen molar-refractivity contribution in [3.05, 3.63) is 198 Å². The molecule has 8 aromatic rings. The molecule has 51 heavy (non-hydrogen) atoms. The van der Waals surface area contributed by atoms with Gasteiger partial charge in [-0.25, -0.2) is 9.97 Å². The van der Waals surface area contributed by atoms with Gasteiger partial charge in [-0.2, -0.15) is 0 Å². The van der Waals surface area contributed by atoms with Crippen molar-refractivity contribution in [2.45, 2.75) is 5.41 Å². The summed E-state index contributed by atoms with van der Waals surface area (Å²) in [6, 6.07) is 58.2. The van der Waals surface area contributed by atoms with Gasteiger partial charge in [0, 0.05) is 22.9 Å². The first-order chi connectivity index (χ1) is 25.3. The number of aromatic nitrogens is 3. The van der Waals surface area contributed by atoms with E-state index in [9.17, 15) is 0 Å². The van der Waals surface area contributed by atoms with Gasteiger partial charge >= 0.3 is 0 Å². The Morgan fingerprint density at radius 3 is 1.82 bits per heavy atom. The molecule has 0 bridgehead atoms.